The van der Waals surface area contributed by atoms with Gasteiger partial charge in [0, 0.05) is 17.6 Å². The quantitative estimate of drug-likeness (QED) is 0.382. The van der Waals surface area contributed by atoms with E-state index < -0.39 is 0 Å². The molecule has 4 N–H and O–H groups in total. The molecular weight excluding hydrogens is 258 g/mol. The Morgan fingerprint density at radius 1 is 1.40 bits per heavy atom. The predicted molar refractivity (Wildman–Crippen MR) is 77.4 cm³/mol. The summed E-state index contributed by atoms with van der Waals surface area (Å²) in [5.74, 6) is 5.41. The molecule has 1 amide bonds. The second-order valence-corrected chi connectivity index (χ2v) is 5.24. The fourth-order valence-corrected chi connectivity index (χ4v) is 1.51. The maximum Gasteiger partial charge on any atom is 0.265 e. The summed E-state index contributed by atoms with van der Waals surface area (Å²) in [7, 11) is 1.94. The van der Waals surface area contributed by atoms with Gasteiger partial charge in [-0.3, -0.25) is 15.1 Å². The smallest absolute Gasteiger partial charge is 0.265 e. The van der Waals surface area contributed by atoms with E-state index in [9.17, 15) is 9.90 Å². The molecule has 0 radical (unpaired) electrons. The fraction of sp³-hybridized carbons (Fsp3) is 0.500. The molecule has 0 unspecified atom stereocenters. The van der Waals surface area contributed by atoms with Crippen molar-refractivity contribution >= 4 is 5.91 Å². The van der Waals surface area contributed by atoms with Gasteiger partial charge in [-0.2, -0.15) is 0 Å². The number of hydrazine groups is 1. The lowest BCUT2D eigenvalue weighted by Gasteiger charge is -2.33. The number of aliphatic hydroxyl groups excluding tert-OH is 1. The van der Waals surface area contributed by atoms with Gasteiger partial charge in [-0.1, -0.05) is 0 Å². The number of nitrogen functional groups attached to an aromatic ring is 1. The molecule has 0 aromatic heterocycles. The van der Waals surface area contributed by atoms with Gasteiger partial charge in [0.25, 0.3) is 5.91 Å². The minimum atomic E-state index is -0.332. The highest BCUT2D eigenvalue weighted by Gasteiger charge is 2.21. The normalized spacial score (nSPS) is 11.5. The molecule has 6 nitrogen and oxygen atoms in total. The van der Waals surface area contributed by atoms with E-state index in [0.717, 1.165) is 0 Å². The van der Waals surface area contributed by atoms with E-state index in [4.69, 9.17) is 10.6 Å². The molecule has 6 heteroatoms. The topological polar surface area (TPSA) is 87.8 Å². The lowest BCUT2D eigenvalue weighted by Crippen LogP contribution is -2.45. The summed E-state index contributed by atoms with van der Waals surface area (Å²) in [6.07, 6.45) is 0. The Labute approximate surface area is 119 Å². The molecule has 1 aromatic carbocycles. The Balaban J connectivity index is 2.45. The molecule has 1 rings (SSSR count). The van der Waals surface area contributed by atoms with Gasteiger partial charge in [-0.05, 0) is 45.2 Å². The van der Waals surface area contributed by atoms with Crippen molar-refractivity contribution in [2.75, 3.05) is 26.8 Å². The van der Waals surface area contributed by atoms with Crippen LogP contribution < -0.4 is 16.0 Å². The molecule has 0 aliphatic carbocycles. The molecule has 112 valence electrons. The van der Waals surface area contributed by atoms with Crippen molar-refractivity contribution in [1.29, 1.82) is 0 Å². The minimum absolute atomic E-state index is 0.0897. The van der Waals surface area contributed by atoms with Gasteiger partial charge in [0.1, 0.15) is 12.4 Å². The van der Waals surface area contributed by atoms with Crippen LogP contribution >= 0.6 is 0 Å². The highest BCUT2D eigenvalue weighted by molar-refractivity contribution is 5.93. The van der Waals surface area contributed by atoms with Crippen LogP contribution in [0.2, 0.25) is 0 Å². The number of amides is 1. The first kappa shape index (κ1) is 16.4. The Kier molecular flexibility index (Phi) is 5.94. The van der Waals surface area contributed by atoms with Crippen molar-refractivity contribution in [2.24, 2.45) is 5.84 Å². The molecule has 0 fully saturated rings. The van der Waals surface area contributed by atoms with Crippen molar-refractivity contribution in [3.05, 3.63) is 29.8 Å². The number of aliphatic hydroxyl groups is 1. The van der Waals surface area contributed by atoms with Gasteiger partial charge < -0.3 is 9.84 Å². The predicted octanol–water partition coefficient (Wildman–Crippen LogP) is 0.372. The SMILES string of the molecule is CN(CCOc1ccc(C(=O)NN)cc1)C(C)(C)CO. The lowest BCUT2D eigenvalue weighted by atomic mass is 10.1. The zero-order valence-electron chi connectivity index (χ0n) is 12.2. The summed E-state index contributed by atoms with van der Waals surface area (Å²) in [6.45, 7) is 5.22. The number of rotatable bonds is 7. The number of nitrogens with two attached hydrogens (primary N) is 1. The summed E-state index contributed by atoms with van der Waals surface area (Å²) in [5, 5.41) is 9.26. The van der Waals surface area contributed by atoms with Crippen LogP contribution in [0.25, 0.3) is 0 Å². The Morgan fingerprint density at radius 3 is 2.50 bits per heavy atom. The summed E-state index contributed by atoms with van der Waals surface area (Å²) < 4.78 is 5.60. The van der Waals surface area contributed by atoms with Crippen molar-refractivity contribution in [3.63, 3.8) is 0 Å². The zero-order valence-corrected chi connectivity index (χ0v) is 12.2. The number of nitrogens with zero attached hydrogens (tertiary/aromatic N) is 1. The molecule has 0 heterocycles. The van der Waals surface area contributed by atoms with Crippen LogP contribution in [0, 0.1) is 0 Å². The van der Waals surface area contributed by atoms with E-state index in [1.807, 2.05) is 25.8 Å². The number of likely N-dealkylation sites (N-methyl/N-ethyl adjacent to an activating group) is 1. The van der Waals surface area contributed by atoms with Crippen LogP contribution in [-0.2, 0) is 0 Å². The first-order valence-corrected chi connectivity index (χ1v) is 6.46. The monoisotopic (exact) mass is 281 g/mol. The molecule has 0 bridgehead atoms. The largest absolute Gasteiger partial charge is 0.492 e. The van der Waals surface area contributed by atoms with Crippen LogP contribution in [0.1, 0.15) is 24.2 Å². The average Bonchev–Trinajstić information content (AvgIpc) is 2.47. The number of ether oxygens (including phenoxy) is 1. The Hall–Kier alpha value is -1.63. The van der Waals surface area contributed by atoms with Crippen LogP contribution in [-0.4, -0.2) is 48.3 Å². The highest BCUT2D eigenvalue weighted by atomic mass is 16.5. The molecular formula is C14H23N3O3. The van der Waals surface area contributed by atoms with Gasteiger partial charge in [0.05, 0.1) is 6.61 Å². The molecule has 0 saturated heterocycles. The van der Waals surface area contributed by atoms with Gasteiger partial charge in [0.2, 0.25) is 0 Å². The molecule has 1 aromatic rings. The highest BCUT2D eigenvalue weighted by Crippen LogP contribution is 2.13. The second-order valence-electron chi connectivity index (χ2n) is 5.24. The Bertz CT molecular complexity index is 432. The first-order valence-electron chi connectivity index (χ1n) is 6.46. The zero-order chi connectivity index (χ0) is 15.2. The van der Waals surface area contributed by atoms with Gasteiger partial charge in [0.15, 0.2) is 0 Å². The molecule has 0 atom stereocenters. The molecule has 0 aliphatic rings. The van der Waals surface area contributed by atoms with E-state index in [-0.39, 0.29) is 18.1 Å². The standard InChI is InChI=1S/C14H23N3O3/c1-14(2,10-18)17(3)8-9-20-12-6-4-11(5-7-12)13(19)16-15/h4-7,18H,8-10,15H2,1-3H3,(H,16,19). The second kappa shape index (κ2) is 7.23. The third kappa shape index (κ3) is 4.48. The average molecular weight is 281 g/mol. The number of hydrogen-bond acceptors (Lipinski definition) is 5. The van der Waals surface area contributed by atoms with Gasteiger partial charge in [-0.25, -0.2) is 5.84 Å². The van der Waals surface area contributed by atoms with Gasteiger partial charge >= 0.3 is 0 Å². The van der Waals surface area contributed by atoms with Crippen molar-refractivity contribution in [1.82, 2.24) is 10.3 Å². The third-order valence-electron chi connectivity index (χ3n) is 3.36. The number of benzene rings is 1. The molecule has 20 heavy (non-hydrogen) atoms. The van der Waals surface area contributed by atoms with Crippen molar-refractivity contribution in [2.45, 2.75) is 19.4 Å². The van der Waals surface area contributed by atoms with E-state index in [0.29, 0.717) is 24.5 Å². The number of carbonyl (C=O) groups is 1. The first-order chi connectivity index (χ1) is 9.40. The van der Waals surface area contributed by atoms with Crippen LogP contribution in [0.3, 0.4) is 0 Å². The van der Waals surface area contributed by atoms with Crippen LogP contribution in [0.4, 0.5) is 0 Å². The summed E-state index contributed by atoms with van der Waals surface area (Å²) in [6, 6.07) is 6.75. The van der Waals surface area contributed by atoms with E-state index >= 15 is 0 Å². The molecule has 0 spiro atoms. The number of nitrogens with one attached hydrogen (secondary N) is 1. The summed E-state index contributed by atoms with van der Waals surface area (Å²) in [5.41, 5.74) is 2.28. The lowest BCUT2D eigenvalue weighted by molar-refractivity contribution is 0.0679. The molecule has 0 saturated carbocycles. The van der Waals surface area contributed by atoms with Crippen LogP contribution in [0.15, 0.2) is 24.3 Å². The number of carbonyl (C=O) groups excluding carboxylic acids is 1. The minimum Gasteiger partial charge on any atom is -0.492 e. The van der Waals surface area contributed by atoms with E-state index in [1.165, 1.54) is 0 Å². The Morgan fingerprint density at radius 2 is 2.00 bits per heavy atom. The summed E-state index contributed by atoms with van der Waals surface area (Å²) in [4.78, 5) is 13.3. The van der Waals surface area contributed by atoms with Crippen molar-refractivity contribution < 1.29 is 14.6 Å². The fourth-order valence-electron chi connectivity index (χ4n) is 1.51. The van der Waals surface area contributed by atoms with Crippen molar-refractivity contribution in [3.8, 4) is 5.75 Å². The van der Waals surface area contributed by atoms with E-state index in [1.54, 1.807) is 24.3 Å². The van der Waals surface area contributed by atoms with E-state index in [2.05, 4.69) is 5.43 Å². The third-order valence-corrected chi connectivity index (χ3v) is 3.36. The maximum absolute atomic E-state index is 11.3. The summed E-state index contributed by atoms with van der Waals surface area (Å²) >= 11 is 0. The molecule has 0 aliphatic heterocycles. The maximum atomic E-state index is 11.3. The van der Waals surface area contributed by atoms with Crippen LogP contribution in [0.5, 0.6) is 5.75 Å². The number of hydrogen-bond donors (Lipinski definition) is 3. The van der Waals surface area contributed by atoms with Gasteiger partial charge in [-0.15, -0.1) is 0 Å².